The van der Waals surface area contributed by atoms with Gasteiger partial charge < -0.3 is 21.7 Å². The van der Waals surface area contributed by atoms with Crippen LogP contribution in [0.15, 0.2) is 0 Å². The Labute approximate surface area is 96.0 Å². The number of nitrogens with two attached hydrogens (primary N) is 2. The van der Waals surface area contributed by atoms with Gasteiger partial charge in [0.15, 0.2) is 11.6 Å². The average Bonchev–Trinajstić information content (AvgIpc) is 2.20. The van der Waals surface area contributed by atoms with Gasteiger partial charge in [-0.1, -0.05) is 13.3 Å². The second-order valence-electron chi connectivity index (χ2n) is 3.84. The van der Waals surface area contributed by atoms with Crippen LogP contribution < -0.4 is 21.7 Å². The third kappa shape index (κ3) is 2.88. The van der Waals surface area contributed by atoms with E-state index in [0.29, 0.717) is 5.82 Å². The molecule has 0 spiro atoms. The monoisotopic (exact) mass is 224 g/mol. The molecule has 0 radical (unpaired) electrons. The van der Waals surface area contributed by atoms with E-state index in [1.165, 1.54) is 0 Å². The zero-order chi connectivity index (χ0) is 12.1. The van der Waals surface area contributed by atoms with Gasteiger partial charge in [0, 0.05) is 20.6 Å². The quantitative estimate of drug-likeness (QED) is 0.644. The van der Waals surface area contributed by atoms with Crippen LogP contribution in [0.3, 0.4) is 0 Å². The van der Waals surface area contributed by atoms with E-state index in [-0.39, 0.29) is 5.95 Å². The number of nitrogens with zero attached hydrogens (tertiary/aromatic N) is 3. The minimum Gasteiger partial charge on any atom is -0.382 e. The lowest BCUT2D eigenvalue weighted by molar-refractivity contribution is 0.832. The fourth-order valence-electron chi connectivity index (χ4n) is 1.37. The van der Waals surface area contributed by atoms with Gasteiger partial charge in [0.05, 0.1) is 0 Å². The van der Waals surface area contributed by atoms with Gasteiger partial charge in [0.25, 0.3) is 0 Å². The van der Waals surface area contributed by atoms with Crippen LogP contribution in [0.1, 0.15) is 19.8 Å². The Morgan fingerprint density at radius 1 is 1.25 bits per heavy atom. The molecule has 0 atom stereocenters. The maximum absolute atomic E-state index is 5.82. The van der Waals surface area contributed by atoms with Gasteiger partial charge in [-0.3, -0.25) is 0 Å². The third-order valence-corrected chi connectivity index (χ3v) is 2.19. The van der Waals surface area contributed by atoms with E-state index in [4.69, 9.17) is 11.5 Å². The van der Waals surface area contributed by atoms with Crippen molar-refractivity contribution < 1.29 is 0 Å². The van der Waals surface area contributed by atoms with Crippen molar-refractivity contribution in [2.45, 2.75) is 19.8 Å². The highest BCUT2D eigenvalue weighted by Crippen LogP contribution is 2.27. The normalized spacial score (nSPS) is 10.2. The van der Waals surface area contributed by atoms with E-state index >= 15 is 0 Å². The summed E-state index contributed by atoms with van der Waals surface area (Å²) in [5, 5.41) is 3.24. The molecule has 1 rings (SSSR count). The summed E-state index contributed by atoms with van der Waals surface area (Å²) in [6.45, 7) is 2.99. The number of nitrogens with one attached hydrogen (secondary N) is 1. The topological polar surface area (TPSA) is 93.1 Å². The van der Waals surface area contributed by atoms with Gasteiger partial charge in [-0.2, -0.15) is 9.97 Å². The Morgan fingerprint density at radius 2 is 1.94 bits per heavy atom. The molecule has 6 heteroatoms. The SMILES string of the molecule is CCCCNc1c(N)nc(N)nc1N(C)C. The largest absolute Gasteiger partial charge is 0.382 e. The molecule has 0 fully saturated rings. The van der Waals surface area contributed by atoms with Gasteiger partial charge >= 0.3 is 0 Å². The molecule has 1 heterocycles. The van der Waals surface area contributed by atoms with E-state index in [1.54, 1.807) is 0 Å². The highest BCUT2D eigenvalue weighted by molar-refractivity contribution is 5.77. The first kappa shape index (κ1) is 12.4. The predicted molar refractivity (Wildman–Crippen MR) is 68.6 cm³/mol. The van der Waals surface area contributed by atoms with E-state index in [0.717, 1.165) is 30.9 Å². The Morgan fingerprint density at radius 3 is 2.50 bits per heavy atom. The van der Waals surface area contributed by atoms with Crippen molar-refractivity contribution in [1.29, 1.82) is 0 Å². The summed E-state index contributed by atoms with van der Waals surface area (Å²) in [6.07, 6.45) is 2.21. The van der Waals surface area contributed by atoms with Crippen molar-refractivity contribution in [3.05, 3.63) is 0 Å². The molecule has 0 saturated carbocycles. The molecule has 0 saturated heterocycles. The summed E-state index contributed by atoms with van der Waals surface area (Å²) in [7, 11) is 3.79. The summed E-state index contributed by atoms with van der Waals surface area (Å²) in [4.78, 5) is 9.98. The average molecular weight is 224 g/mol. The van der Waals surface area contributed by atoms with Crippen LogP contribution in [0.5, 0.6) is 0 Å². The van der Waals surface area contributed by atoms with E-state index in [1.807, 2.05) is 19.0 Å². The van der Waals surface area contributed by atoms with Gasteiger partial charge in [0.2, 0.25) is 5.95 Å². The number of unbranched alkanes of at least 4 members (excludes halogenated alkanes) is 1. The van der Waals surface area contributed by atoms with Crippen LogP contribution in [0.25, 0.3) is 0 Å². The summed E-state index contributed by atoms with van der Waals surface area (Å²) in [5.41, 5.74) is 12.1. The smallest absolute Gasteiger partial charge is 0.224 e. The maximum Gasteiger partial charge on any atom is 0.224 e. The minimum absolute atomic E-state index is 0.197. The molecule has 6 nitrogen and oxygen atoms in total. The molecule has 0 amide bonds. The lowest BCUT2D eigenvalue weighted by Gasteiger charge is -2.18. The summed E-state index contributed by atoms with van der Waals surface area (Å²) in [5.74, 6) is 1.32. The second-order valence-corrected chi connectivity index (χ2v) is 3.84. The van der Waals surface area contributed by atoms with Crippen LogP contribution >= 0.6 is 0 Å². The first-order valence-corrected chi connectivity index (χ1v) is 5.40. The van der Waals surface area contributed by atoms with Crippen molar-refractivity contribution in [3.63, 3.8) is 0 Å². The van der Waals surface area contributed by atoms with Crippen molar-refractivity contribution >= 4 is 23.3 Å². The molecule has 0 aromatic carbocycles. The lowest BCUT2D eigenvalue weighted by Crippen LogP contribution is -2.18. The highest BCUT2D eigenvalue weighted by atomic mass is 15.2. The molecule has 16 heavy (non-hydrogen) atoms. The highest BCUT2D eigenvalue weighted by Gasteiger charge is 2.12. The van der Waals surface area contributed by atoms with Crippen LogP contribution in [0.4, 0.5) is 23.3 Å². The number of anilines is 4. The number of hydrogen-bond donors (Lipinski definition) is 3. The molecule has 1 aromatic rings. The Hall–Kier alpha value is -1.72. The van der Waals surface area contributed by atoms with E-state index < -0.39 is 0 Å². The summed E-state index contributed by atoms with van der Waals surface area (Å²) in [6, 6.07) is 0. The Bertz CT molecular complexity index is 349. The first-order valence-electron chi connectivity index (χ1n) is 5.40. The molecule has 0 aliphatic heterocycles. The molecule has 0 bridgehead atoms. The fraction of sp³-hybridized carbons (Fsp3) is 0.600. The molecule has 5 N–H and O–H groups in total. The van der Waals surface area contributed by atoms with Gasteiger partial charge in [-0.15, -0.1) is 0 Å². The second kappa shape index (κ2) is 5.39. The zero-order valence-electron chi connectivity index (χ0n) is 10.1. The van der Waals surface area contributed by atoms with E-state index in [2.05, 4.69) is 22.2 Å². The van der Waals surface area contributed by atoms with Crippen molar-refractivity contribution in [1.82, 2.24) is 9.97 Å². The molecular formula is C10H20N6. The maximum atomic E-state index is 5.82. The van der Waals surface area contributed by atoms with Crippen LogP contribution in [-0.2, 0) is 0 Å². The van der Waals surface area contributed by atoms with E-state index in [9.17, 15) is 0 Å². The molecule has 90 valence electrons. The molecular weight excluding hydrogens is 204 g/mol. The number of rotatable bonds is 5. The first-order chi connectivity index (χ1) is 7.56. The molecule has 0 aliphatic rings. The number of aromatic nitrogens is 2. The zero-order valence-corrected chi connectivity index (χ0v) is 10.1. The lowest BCUT2D eigenvalue weighted by atomic mass is 10.3. The molecule has 1 aromatic heterocycles. The van der Waals surface area contributed by atoms with Crippen LogP contribution in [0.2, 0.25) is 0 Å². The fourth-order valence-corrected chi connectivity index (χ4v) is 1.37. The minimum atomic E-state index is 0.197. The Kier molecular flexibility index (Phi) is 4.16. The number of hydrogen-bond acceptors (Lipinski definition) is 6. The molecule has 0 aliphatic carbocycles. The van der Waals surface area contributed by atoms with Gasteiger partial charge in [-0.05, 0) is 6.42 Å². The summed E-state index contributed by atoms with van der Waals surface area (Å²) >= 11 is 0. The van der Waals surface area contributed by atoms with Crippen LogP contribution in [0, 0.1) is 0 Å². The van der Waals surface area contributed by atoms with Crippen molar-refractivity contribution in [3.8, 4) is 0 Å². The molecule has 0 unspecified atom stereocenters. The summed E-state index contributed by atoms with van der Waals surface area (Å²) < 4.78 is 0. The predicted octanol–water partition coefficient (Wildman–Crippen LogP) is 0.919. The number of nitrogen functional groups attached to an aromatic ring is 2. The third-order valence-electron chi connectivity index (χ3n) is 2.19. The van der Waals surface area contributed by atoms with Crippen molar-refractivity contribution in [2.75, 3.05) is 42.3 Å². The Balaban J connectivity index is 2.95. The van der Waals surface area contributed by atoms with Crippen molar-refractivity contribution in [2.24, 2.45) is 0 Å². The van der Waals surface area contributed by atoms with Gasteiger partial charge in [-0.25, -0.2) is 0 Å². The standard InChI is InChI=1S/C10H20N6/c1-4-5-6-13-7-8(11)14-10(12)15-9(7)16(2)3/h13H,4-6H2,1-3H3,(H4,11,12,14,15). The van der Waals surface area contributed by atoms with Gasteiger partial charge in [0.1, 0.15) is 5.69 Å². The van der Waals surface area contributed by atoms with Crippen LogP contribution in [-0.4, -0.2) is 30.6 Å².